The lowest BCUT2D eigenvalue weighted by Crippen LogP contribution is -2.28. The standard InChI is InChI=1S/C8H16ClNO/c1-5(2)7(9)8(10-11)6(3)4/h5-8H,1-4H3. The first-order chi connectivity index (χ1) is 5.00. The summed E-state index contributed by atoms with van der Waals surface area (Å²) in [5.41, 5.74) is 0. The second-order valence-corrected chi connectivity index (χ2v) is 4.03. The second-order valence-electron chi connectivity index (χ2n) is 3.53. The Morgan fingerprint density at radius 1 is 1.09 bits per heavy atom. The van der Waals surface area contributed by atoms with E-state index in [1.54, 1.807) is 0 Å². The fourth-order valence-corrected chi connectivity index (χ4v) is 1.28. The van der Waals surface area contributed by atoms with Crippen molar-refractivity contribution >= 4 is 11.6 Å². The Balaban J connectivity index is 4.13. The Bertz CT molecular complexity index is 125. The molecule has 0 fully saturated rings. The molecule has 0 spiro atoms. The van der Waals surface area contributed by atoms with Crippen LogP contribution in [0.15, 0.2) is 5.18 Å². The minimum absolute atomic E-state index is 0.132. The molecule has 0 aromatic rings. The summed E-state index contributed by atoms with van der Waals surface area (Å²) in [6, 6.07) is -0.253. The molecule has 0 heterocycles. The predicted octanol–water partition coefficient (Wildman–Crippen LogP) is 3.04. The normalized spacial score (nSPS) is 17.0. The zero-order valence-corrected chi connectivity index (χ0v) is 8.30. The zero-order valence-electron chi connectivity index (χ0n) is 7.54. The Hall–Kier alpha value is -0.110. The lowest BCUT2D eigenvalue weighted by molar-refractivity contribution is 0.414. The van der Waals surface area contributed by atoms with E-state index >= 15 is 0 Å². The van der Waals surface area contributed by atoms with E-state index in [0.29, 0.717) is 5.92 Å². The van der Waals surface area contributed by atoms with Crippen LogP contribution in [0.2, 0.25) is 0 Å². The van der Waals surface area contributed by atoms with Crippen LogP contribution in [0.5, 0.6) is 0 Å². The van der Waals surface area contributed by atoms with Crippen molar-refractivity contribution in [3.8, 4) is 0 Å². The summed E-state index contributed by atoms with van der Waals surface area (Å²) >= 11 is 5.98. The Kier molecular flexibility index (Phi) is 4.66. The first kappa shape index (κ1) is 10.9. The van der Waals surface area contributed by atoms with E-state index in [9.17, 15) is 4.91 Å². The Morgan fingerprint density at radius 3 is 1.64 bits per heavy atom. The summed E-state index contributed by atoms with van der Waals surface area (Å²) in [7, 11) is 0. The third-order valence-corrected chi connectivity index (χ3v) is 2.53. The van der Waals surface area contributed by atoms with Gasteiger partial charge in [-0.15, -0.1) is 11.6 Å². The maximum Gasteiger partial charge on any atom is 0.111 e. The smallest absolute Gasteiger partial charge is 0.111 e. The third-order valence-electron chi connectivity index (χ3n) is 1.77. The van der Waals surface area contributed by atoms with Crippen molar-refractivity contribution in [2.45, 2.75) is 39.1 Å². The zero-order chi connectivity index (χ0) is 9.02. The van der Waals surface area contributed by atoms with Crippen molar-refractivity contribution in [3.05, 3.63) is 4.91 Å². The molecule has 2 atom stereocenters. The minimum atomic E-state index is -0.253. The fourth-order valence-electron chi connectivity index (χ4n) is 0.942. The number of hydrogen-bond donors (Lipinski definition) is 0. The summed E-state index contributed by atoms with van der Waals surface area (Å²) in [5.74, 6) is 0.541. The van der Waals surface area contributed by atoms with E-state index in [1.165, 1.54) is 0 Å². The molecule has 0 amide bonds. The molecule has 0 saturated heterocycles. The molecule has 0 saturated carbocycles. The highest BCUT2D eigenvalue weighted by atomic mass is 35.5. The average Bonchev–Trinajstić information content (AvgIpc) is 1.88. The molecule has 0 aliphatic heterocycles. The largest absolute Gasteiger partial charge is 0.150 e. The maximum atomic E-state index is 10.4. The van der Waals surface area contributed by atoms with Gasteiger partial charge in [0.2, 0.25) is 0 Å². The second kappa shape index (κ2) is 4.70. The van der Waals surface area contributed by atoms with Crippen LogP contribution < -0.4 is 0 Å². The number of halogens is 1. The van der Waals surface area contributed by atoms with Crippen molar-refractivity contribution in [2.75, 3.05) is 0 Å². The molecule has 0 aromatic heterocycles. The van der Waals surface area contributed by atoms with Crippen LogP contribution in [0.3, 0.4) is 0 Å². The van der Waals surface area contributed by atoms with Gasteiger partial charge >= 0.3 is 0 Å². The number of hydrogen-bond acceptors (Lipinski definition) is 2. The predicted molar refractivity (Wildman–Crippen MR) is 48.9 cm³/mol. The molecule has 0 N–H and O–H groups in total. The van der Waals surface area contributed by atoms with Gasteiger partial charge in [-0.05, 0) is 11.8 Å². The Labute approximate surface area is 73.3 Å². The topological polar surface area (TPSA) is 29.4 Å². The summed E-state index contributed by atoms with van der Waals surface area (Å²) < 4.78 is 0. The number of rotatable bonds is 4. The van der Waals surface area contributed by atoms with Gasteiger partial charge < -0.3 is 0 Å². The van der Waals surface area contributed by atoms with Crippen molar-refractivity contribution in [2.24, 2.45) is 17.0 Å². The molecule has 0 radical (unpaired) electrons. The molecule has 0 aliphatic rings. The molecule has 0 rings (SSSR count). The first-order valence-corrected chi connectivity index (χ1v) is 4.40. The van der Waals surface area contributed by atoms with Gasteiger partial charge in [-0.2, -0.15) is 4.91 Å². The van der Waals surface area contributed by atoms with Crippen LogP contribution in [0.4, 0.5) is 0 Å². The van der Waals surface area contributed by atoms with Gasteiger partial charge in [0.15, 0.2) is 0 Å². The highest BCUT2D eigenvalue weighted by Gasteiger charge is 2.25. The monoisotopic (exact) mass is 177 g/mol. The lowest BCUT2D eigenvalue weighted by Gasteiger charge is -2.21. The van der Waals surface area contributed by atoms with Gasteiger partial charge in [0, 0.05) is 0 Å². The van der Waals surface area contributed by atoms with Gasteiger partial charge in [0.1, 0.15) is 6.04 Å². The van der Waals surface area contributed by atoms with E-state index < -0.39 is 0 Å². The quantitative estimate of drug-likeness (QED) is 0.480. The van der Waals surface area contributed by atoms with E-state index in [-0.39, 0.29) is 17.3 Å². The van der Waals surface area contributed by atoms with Gasteiger partial charge in [0.25, 0.3) is 0 Å². The van der Waals surface area contributed by atoms with Crippen LogP contribution in [0.25, 0.3) is 0 Å². The molecule has 2 unspecified atom stereocenters. The molecule has 3 heteroatoms. The van der Waals surface area contributed by atoms with Crippen molar-refractivity contribution < 1.29 is 0 Å². The molecular formula is C8H16ClNO. The van der Waals surface area contributed by atoms with Gasteiger partial charge in [-0.3, -0.25) is 0 Å². The third kappa shape index (κ3) is 3.19. The van der Waals surface area contributed by atoms with Crippen LogP contribution >= 0.6 is 11.6 Å². The molecule has 0 aliphatic carbocycles. The van der Waals surface area contributed by atoms with Crippen molar-refractivity contribution in [3.63, 3.8) is 0 Å². The summed E-state index contributed by atoms with van der Waals surface area (Å²) in [6.07, 6.45) is 0. The summed E-state index contributed by atoms with van der Waals surface area (Å²) in [5, 5.41) is 2.89. The molecule has 66 valence electrons. The van der Waals surface area contributed by atoms with E-state index in [4.69, 9.17) is 11.6 Å². The number of nitrogens with zero attached hydrogens (tertiary/aromatic N) is 1. The average molecular weight is 178 g/mol. The van der Waals surface area contributed by atoms with Crippen LogP contribution in [0.1, 0.15) is 27.7 Å². The van der Waals surface area contributed by atoms with Gasteiger partial charge in [-0.25, -0.2) is 0 Å². The molecule has 2 nitrogen and oxygen atoms in total. The maximum absolute atomic E-state index is 10.4. The van der Waals surface area contributed by atoms with Crippen LogP contribution in [0, 0.1) is 16.7 Å². The number of nitroso groups, excluding NO2 is 1. The van der Waals surface area contributed by atoms with Crippen molar-refractivity contribution in [1.82, 2.24) is 0 Å². The molecule has 0 bridgehead atoms. The van der Waals surface area contributed by atoms with Crippen LogP contribution in [-0.2, 0) is 0 Å². The molecule has 0 aromatic carbocycles. The van der Waals surface area contributed by atoms with E-state index in [0.717, 1.165) is 0 Å². The lowest BCUT2D eigenvalue weighted by atomic mass is 9.95. The molecule has 11 heavy (non-hydrogen) atoms. The van der Waals surface area contributed by atoms with E-state index in [2.05, 4.69) is 5.18 Å². The summed E-state index contributed by atoms with van der Waals surface area (Å²) in [6.45, 7) is 7.92. The Morgan fingerprint density at radius 2 is 1.55 bits per heavy atom. The molecular weight excluding hydrogens is 162 g/mol. The van der Waals surface area contributed by atoms with Crippen LogP contribution in [-0.4, -0.2) is 11.4 Å². The highest BCUT2D eigenvalue weighted by molar-refractivity contribution is 6.21. The summed E-state index contributed by atoms with van der Waals surface area (Å²) in [4.78, 5) is 10.4. The van der Waals surface area contributed by atoms with E-state index in [1.807, 2.05) is 27.7 Å². The van der Waals surface area contributed by atoms with Gasteiger partial charge in [0.05, 0.1) is 5.38 Å². The number of alkyl halides is 1. The minimum Gasteiger partial charge on any atom is -0.150 e. The first-order valence-electron chi connectivity index (χ1n) is 3.97. The van der Waals surface area contributed by atoms with Crippen molar-refractivity contribution in [1.29, 1.82) is 0 Å². The highest BCUT2D eigenvalue weighted by Crippen LogP contribution is 2.22. The fraction of sp³-hybridized carbons (Fsp3) is 1.00. The van der Waals surface area contributed by atoms with Gasteiger partial charge in [-0.1, -0.05) is 32.9 Å². The SMILES string of the molecule is CC(C)C(Cl)C(N=O)C(C)C.